The predicted octanol–water partition coefficient (Wildman–Crippen LogP) is 2.80. The molecular weight excluding hydrogens is 295 g/mol. The maximum absolute atomic E-state index is 13.3. The fourth-order valence-corrected chi connectivity index (χ4v) is 2.23. The minimum atomic E-state index is -0.450. The SMILES string of the molecule is CC(=O)N(CC(=O)NCc1ccccc1C)c1cccc(F)c1. The summed E-state index contributed by atoms with van der Waals surface area (Å²) in [6, 6.07) is 13.4. The minimum Gasteiger partial charge on any atom is -0.350 e. The molecule has 1 N–H and O–H groups in total. The van der Waals surface area contributed by atoms with Crippen LogP contribution in [0.15, 0.2) is 48.5 Å². The Labute approximate surface area is 134 Å². The second-order valence-electron chi connectivity index (χ2n) is 5.29. The van der Waals surface area contributed by atoms with Crippen molar-refractivity contribution in [2.75, 3.05) is 11.4 Å². The first-order valence-electron chi connectivity index (χ1n) is 7.32. The number of carbonyl (C=O) groups excluding carboxylic acids is 2. The molecule has 120 valence electrons. The molecule has 0 aliphatic heterocycles. The van der Waals surface area contributed by atoms with Crippen LogP contribution in [-0.4, -0.2) is 18.4 Å². The number of hydrogen-bond acceptors (Lipinski definition) is 2. The molecule has 2 rings (SSSR count). The Morgan fingerprint density at radius 2 is 1.87 bits per heavy atom. The number of nitrogens with one attached hydrogen (secondary N) is 1. The molecule has 4 nitrogen and oxygen atoms in total. The van der Waals surface area contributed by atoms with Crippen molar-refractivity contribution in [3.8, 4) is 0 Å². The van der Waals surface area contributed by atoms with Crippen LogP contribution in [0.3, 0.4) is 0 Å². The summed E-state index contributed by atoms with van der Waals surface area (Å²) >= 11 is 0. The minimum absolute atomic E-state index is 0.148. The summed E-state index contributed by atoms with van der Waals surface area (Å²) in [6.07, 6.45) is 0. The van der Waals surface area contributed by atoms with Crippen molar-refractivity contribution in [2.24, 2.45) is 0 Å². The largest absolute Gasteiger partial charge is 0.350 e. The number of amides is 2. The van der Waals surface area contributed by atoms with Crippen LogP contribution in [-0.2, 0) is 16.1 Å². The van der Waals surface area contributed by atoms with E-state index in [0.717, 1.165) is 11.1 Å². The lowest BCUT2D eigenvalue weighted by Crippen LogP contribution is -2.39. The summed E-state index contributed by atoms with van der Waals surface area (Å²) in [4.78, 5) is 25.1. The number of aryl methyl sites for hydroxylation is 1. The lowest BCUT2D eigenvalue weighted by molar-refractivity contribution is -0.123. The molecule has 0 saturated carbocycles. The normalized spacial score (nSPS) is 10.2. The summed E-state index contributed by atoms with van der Waals surface area (Å²) in [5, 5.41) is 2.78. The van der Waals surface area contributed by atoms with E-state index < -0.39 is 5.82 Å². The van der Waals surface area contributed by atoms with Crippen LogP contribution in [0.1, 0.15) is 18.1 Å². The van der Waals surface area contributed by atoms with Crippen LogP contribution < -0.4 is 10.2 Å². The molecule has 0 unspecified atom stereocenters. The van der Waals surface area contributed by atoms with Gasteiger partial charge in [-0.15, -0.1) is 0 Å². The second kappa shape index (κ2) is 7.54. The molecule has 0 heterocycles. The lowest BCUT2D eigenvalue weighted by Gasteiger charge is -2.20. The monoisotopic (exact) mass is 314 g/mol. The third-order valence-electron chi connectivity index (χ3n) is 3.54. The van der Waals surface area contributed by atoms with Gasteiger partial charge in [-0.3, -0.25) is 9.59 Å². The van der Waals surface area contributed by atoms with Gasteiger partial charge < -0.3 is 10.2 Å². The highest BCUT2D eigenvalue weighted by atomic mass is 19.1. The molecule has 2 aromatic carbocycles. The van der Waals surface area contributed by atoms with Gasteiger partial charge in [0.1, 0.15) is 12.4 Å². The van der Waals surface area contributed by atoms with E-state index in [0.29, 0.717) is 12.2 Å². The highest BCUT2D eigenvalue weighted by molar-refractivity contribution is 5.97. The van der Waals surface area contributed by atoms with Crippen LogP contribution >= 0.6 is 0 Å². The van der Waals surface area contributed by atoms with Crippen molar-refractivity contribution in [3.63, 3.8) is 0 Å². The Morgan fingerprint density at radius 1 is 1.13 bits per heavy atom. The number of rotatable bonds is 5. The Morgan fingerprint density at radius 3 is 2.52 bits per heavy atom. The third kappa shape index (κ3) is 4.64. The first-order valence-corrected chi connectivity index (χ1v) is 7.32. The summed E-state index contributed by atoms with van der Waals surface area (Å²) in [6.45, 7) is 3.56. The summed E-state index contributed by atoms with van der Waals surface area (Å²) in [7, 11) is 0. The van der Waals surface area contributed by atoms with E-state index in [4.69, 9.17) is 0 Å². The van der Waals surface area contributed by atoms with Crippen LogP contribution in [0.4, 0.5) is 10.1 Å². The van der Waals surface area contributed by atoms with Crippen molar-refractivity contribution in [1.82, 2.24) is 5.32 Å². The van der Waals surface area contributed by atoms with E-state index in [9.17, 15) is 14.0 Å². The molecule has 0 saturated heterocycles. The van der Waals surface area contributed by atoms with E-state index in [1.54, 1.807) is 6.07 Å². The molecule has 0 aliphatic carbocycles. The smallest absolute Gasteiger partial charge is 0.240 e. The van der Waals surface area contributed by atoms with E-state index >= 15 is 0 Å². The Kier molecular flexibility index (Phi) is 5.46. The van der Waals surface area contributed by atoms with Gasteiger partial charge in [-0.1, -0.05) is 30.3 Å². The zero-order valence-corrected chi connectivity index (χ0v) is 13.2. The Balaban J connectivity index is 2.01. The van der Waals surface area contributed by atoms with Gasteiger partial charge in [-0.25, -0.2) is 4.39 Å². The predicted molar refractivity (Wildman–Crippen MR) is 87.5 cm³/mol. The molecule has 2 aromatic rings. The van der Waals surface area contributed by atoms with Crippen LogP contribution in [0, 0.1) is 12.7 Å². The van der Waals surface area contributed by atoms with E-state index in [1.165, 1.54) is 30.0 Å². The fourth-order valence-electron chi connectivity index (χ4n) is 2.23. The van der Waals surface area contributed by atoms with Crippen molar-refractivity contribution < 1.29 is 14.0 Å². The molecular formula is C18H19FN2O2. The first-order chi connectivity index (χ1) is 11.0. The van der Waals surface area contributed by atoms with Crippen LogP contribution in [0.2, 0.25) is 0 Å². The summed E-state index contributed by atoms with van der Waals surface area (Å²) < 4.78 is 13.3. The van der Waals surface area contributed by atoms with Gasteiger partial charge in [0, 0.05) is 19.2 Å². The van der Waals surface area contributed by atoms with Gasteiger partial charge in [0.25, 0.3) is 0 Å². The zero-order chi connectivity index (χ0) is 16.8. The second-order valence-corrected chi connectivity index (χ2v) is 5.29. The van der Waals surface area contributed by atoms with Gasteiger partial charge >= 0.3 is 0 Å². The molecule has 0 atom stereocenters. The molecule has 2 amide bonds. The number of halogens is 1. The Hall–Kier alpha value is -2.69. The van der Waals surface area contributed by atoms with E-state index in [2.05, 4.69) is 5.32 Å². The van der Waals surface area contributed by atoms with E-state index in [-0.39, 0.29) is 18.4 Å². The molecule has 0 bridgehead atoms. The van der Waals surface area contributed by atoms with Crippen molar-refractivity contribution >= 4 is 17.5 Å². The molecule has 0 aromatic heterocycles. The third-order valence-corrected chi connectivity index (χ3v) is 3.54. The van der Waals surface area contributed by atoms with Gasteiger partial charge in [0.15, 0.2) is 0 Å². The van der Waals surface area contributed by atoms with Crippen LogP contribution in [0.5, 0.6) is 0 Å². The standard InChI is InChI=1S/C18H19FN2O2/c1-13-6-3-4-7-15(13)11-20-18(23)12-21(14(2)22)17-9-5-8-16(19)10-17/h3-10H,11-12H2,1-2H3,(H,20,23). The number of anilines is 1. The quantitative estimate of drug-likeness (QED) is 0.922. The number of carbonyl (C=O) groups is 2. The van der Waals surface area contributed by atoms with Crippen molar-refractivity contribution in [1.29, 1.82) is 0 Å². The number of benzene rings is 2. The van der Waals surface area contributed by atoms with Gasteiger partial charge in [-0.05, 0) is 36.2 Å². The average Bonchev–Trinajstić information content (AvgIpc) is 2.51. The molecule has 5 heteroatoms. The molecule has 0 spiro atoms. The highest BCUT2D eigenvalue weighted by Gasteiger charge is 2.16. The maximum Gasteiger partial charge on any atom is 0.240 e. The van der Waals surface area contributed by atoms with Crippen LogP contribution in [0.25, 0.3) is 0 Å². The first kappa shape index (κ1) is 16.7. The van der Waals surface area contributed by atoms with Gasteiger partial charge in [0.2, 0.25) is 11.8 Å². The zero-order valence-electron chi connectivity index (χ0n) is 13.2. The highest BCUT2D eigenvalue weighted by Crippen LogP contribution is 2.15. The molecule has 0 fully saturated rings. The summed E-state index contributed by atoms with van der Waals surface area (Å²) in [5.41, 5.74) is 2.46. The summed E-state index contributed by atoms with van der Waals surface area (Å²) in [5.74, 6) is -1.07. The van der Waals surface area contributed by atoms with E-state index in [1.807, 2.05) is 31.2 Å². The Bertz CT molecular complexity index is 716. The number of nitrogens with zero attached hydrogens (tertiary/aromatic N) is 1. The van der Waals surface area contributed by atoms with Gasteiger partial charge in [-0.2, -0.15) is 0 Å². The topological polar surface area (TPSA) is 49.4 Å². The van der Waals surface area contributed by atoms with Crippen molar-refractivity contribution in [2.45, 2.75) is 20.4 Å². The number of hydrogen-bond donors (Lipinski definition) is 1. The molecule has 23 heavy (non-hydrogen) atoms. The molecule has 0 aliphatic rings. The van der Waals surface area contributed by atoms with Gasteiger partial charge in [0.05, 0.1) is 0 Å². The van der Waals surface area contributed by atoms with Crippen molar-refractivity contribution in [3.05, 3.63) is 65.5 Å². The average molecular weight is 314 g/mol. The fraction of sp³-hybridized carbons (Fsp3) is 0.222. The molecule has 0 radical (unpaired) electrons. The lowest BCUT2D eigenvalue weighted by atomic mass is 10.1. The maximum atomic E-state index is 13.3.